The standard InChI is InChI=1S/C17H23ClN2O4/c1-17(2,3)24-16(22)20-9-5-4-6-13(20)14(21)11-23-12-7-8-19-15(18)10-12/h7-8,10,13H,4-6,9,11H2,1-3H3. The van der Waals surface area contributed by atoms with Gasteiger partial charge >= 0.3 is 6.09 Å². The van der Waals surface area contributed by atoms with E-state index in [2.05, 4.69) is 4.98 Å². The first-order valence-electron chi connectivity index (χ1n) is 8.03. The van der Waals surface area contributed by atoms with Crippen LogP contribution in [0.25, 0.3) is 0 Å². The topological polar surface area (TPSA) is 68.7 Å². The second-order valence-electron chi connectivity index (χ2n) is 6.75. The Balaban J connectivity index is 1.98. The molecule has 1 saturated heterocycles. The number of piperidine rings is 1. The summed E-state index contributed by atoms with van der Waals surface area (Å²) in [6.07, 6.45) is 3.45. The van der Waals surface area contributed by atoms with Crippen LogP contribution in [0.1, 0.15) is 40.0 Å². The van der Waals surface area contributed by atoms with E-state index in [4.69, 9.17) is 21.1 Å². The van der Waals surface area contributed by atoms with Crippen LogP contribution in [0.5, 0.6) is 5.75 Å². The molecular formula is C17H23ClN2O4. The quantitative estimate of drug-likeness (QED) is 0.774. The molecule has 0 spiro atoms. The Morgan fingerprint density at radius 3 is 2.79 bits per heavy atom. The number of pyridine rings is 1. The lowest BCUT2D eigenvalue weighted by atomic mass is 9.99. The summed E-state index contributed by atoms with van der Waals surface area (Å²) in [5.74, 6) is 0.330. The van der Waals surface area contributed by atoms with Crippen LogP contribution in [0.2, 0.25) is 5.15 Å². The zero-order valence-electron chi connectivity index (χ0n) is 14.3. The Hall–Kier alpha value is -1.82. The fraction of sp³-hybridized carbons (Fsp3) is 0.588. The number of carbonyl (C=O) groups is 2. The summed E-state index contributed by atoms with van der Waals surface area (Å²) in [5, 5.41) is 0.299. The molecule has 132 valence electrons. The van der Waals surface area contributed by atoms with Crippen LogP contribution < -0.4 is 4.74 Å². The Labute approximate surface area is 147 Å². The highest BCUT2D eigenvalue weighted by molar-refractivity contribution is 6.29. The van der Waals surface area contributed by atoms with Gasteiger partial charge in [-0.05, 0) is 46.1 Å². The molecule has 24 heavy (non-hydrogen) atoms. The molecule has 1 unspecified atom stereocenters. The third-order valence-corrected chi connectivity index (χ3v) is 3.79. The van der Waals surface area contributed by atoms with Crippen molar-refractivity contribution >= 4 is 23.5 Å². The highest BCUT2D eigenvalue weighted by atomic mass is 35.5. The van der Waals surface area contributed by atoms with E-state index in [1.807, 2.05) is 20.8 Å². The molecule has 1 fully saturated rings. The minimum atomic E-state index is -0.591. The molecule has 1 amide bonds. The van der Waals surface area contributed by atoms with Crippen molar-refractivity contribution < 1.29 is 19.1 Å². The van der Waals surface area contributed by atoms with Crippen LogP contribution in [0, 0.1) is 0 Å². The van der Waals surface area contributed by atoms with E-state index in [0.29, 0.717) is 23.9 Å². The number of hydrogen-bond acceptors (Lipinski definition) is 5. The van der Waals surface area contributed by atoms with Gasteiger partial charge < -0.3 is 9.47 Å². The third-order valence-electron chi connectivity index (χ3n) is 3.58. The lowest BCUT2D eigenvalue weighted by Gasteiger charge is -2.35. The van der Waals surface area contributed by atoms with E-state index < -0.39 is 17.7 Å². The van der Waals surface area contributed by atoms with E-state index in [9.17, 15) is 9.59 Å². The summed E-state index contributed by atoms with van der Waals surface area (Å²) in [6.45, 7) is 5.82. The molecule has 0 bridgehead atoms. The molecule has 2 rings (SSSR count). The predicted octanol–water partition coefficient (Wildman–Crippen LogP) is 3.47. The average Bonchev–Trinajstić information content (AvgIpc) is 2.51. The van der Waals surface area contributed by atoms with Crippen molar-refractivity contribution in [2.24, 2.45) is 0 Å². The van der Waals surface area contributed by atoms with Gasteiger partial charge in [-0.15, -0.1) is 0 Å². The van der Waals surface area contributed by atoms with Crippen molar-refractivity contribution in [3.63, 3.8) is 0 Å². The number of halogens is 1. The van der Waals surface area contributed by atoms with E-state index >= 15 is 0 Å². The zero-order chi connectivity index (χ0) is 17.7. The molecule has 1 aliphatic rings. The van der Waals surface area contributed by atoms with Crippen LogP contribution in [0.15, 0.2) is 18.3 Å². The van der Waals surface area contributed by atoms with Crippen molar-refractivity contribution in [1.82, 2.24) is 9.88 Å². The van der Waals surface area contributed by atoms with Crippen molar-refractivity contribution in [2.75, 3.05) is 13.2 Å². The van der Waals surface area contributed by atoms with Gasteiger partial charge in [0.1, 0.15) is 23.1 Å². The largest absolute Gasteiger partial charge is 0.486 e. The first-order valence-corrected chi connectivity index (χ1v) is 8.41. The van der Waals surface area contributed by atoms with Crippen LogP contribution in [-0.4, -0.2) is 46.6 Å². The lowest BCUT2D eigenvalue weighted by molar-refractivity contribution is -0.127. The number of Topliss-reactive ketones (excluding diaryl/α,β-unsaturated/α-hetero) is 1. The van der Waals surface area contributed by atoms with E-state index in [1.165, 1.54) is 11.1 Å². The minimum Gasteiger partial charge on any atom is -0.486 e. The van der Waals surface area contributed by atoms with Gasteiger partial charge in [0, 0.05) is 18.8 Å². The molecule has 1 aromatic heterocycles. The lowest BCUT2D eigenvalue weighted by Crippen LogP contribution is -2.50. The summed E-state index contributed by atoms with van der Waals surface area (Å²) in [7, 11) is 0. The molecule has 1 atom stereocenters. The molecule has 1 aliphatic heterocycles. The molecule has 0 aliphatic carbocycles. The van der Waals surface area contributed by atoms with Crippen LogP contribution in [-0.2, 0) is 9.53 Å². The van der Waals surface area contributed by atoms with Crippen molar-refractivity contribution in [3.8, 4) is 5.75 Å². The molecular weight excluding hydrogens is 332 g/mol. The van der Waals surface area contributed by atoms with Gasteiger partial charge in [0.05, 0.1) is 6.04 Å². The maximum atomic E-state index is 12.5. The number of hydrogen-bond donors (Lipinski definition) is 0. The highest BCUT2D eigenvalue weighted by Crippen LogP contribution is 2.22. The maximum Gasteiger partial charge on any atom is 0.410 e. The number of amides is 1. The first-order chi connectivity index (χ1) is 11.3. The number of ketones is 1. The van der Waals surface area contributed by atoms with Gasteiger partial charge in [-0.2, -0.15) is 0 Å². The maximum absolute atomic E-state index is 12.5. The Morgan fingerprint density at radius 2 is 2.12 bits per heavy atom. The first kappa shape index (κ1) is 18.5. The summed E-state index contributed by atoms with van der Waals surface area (Å²) < 4.78 is 10.9. The number of likely N-dealkylation sites (tertiary alicyclic amines) is 1. The normalized spacial score (nSPS) is 18.2. The van der Waals surface area contributed by atoms with Crippen molar-refractivity contribution in [1.29, 1.82) is 0 Å². The van der Waals surface area contributed by atoms with Crippen molar-refractivity contribution in [3.05, 3.63) is 23.5 Å². The van der Waals surface area contributed by atoms with Gasteiger partial charge in [-0.1, -0.05) is 11.6 Å². The van der Waals surface area contributed by atoms with E-state index in [1.54, 1.807) is 12.1 Å². The van der Waals surface area contributed by atoms with Gasteiger partial charge in [0.2, 0.25) is 0 Å². The number of rotatable bonds is 4. The van der Waals surface area contributed by atoms with Crippen LogP contribution >= 0.6 is 11.6 Å². The highest BCUT2D eigenvalue weighted by Gasteiger charge is 2.34. The zero-order valence-corrected chi connectivity index (χ0v) is 15.0. The minimum absolute atomic E-state index is 0.121. The summed E-state index contributed by atoms with van der Waals surface area (Å²) in [5.41, 5.74) is -0.591. The molecule has 0 saturated carbocycles. The van der Waals surface area contributed by atoms with Crippen LogP contribution in [0.4, 0.5) is 4.79 Å². The molecule has 0 N–H and O–H groups in total. The SMILES string of the molecule is CC(C)(C)OC(=O)N1CCCCC1C(=O)COc1ccnc(Cl)c1. The average molecular weight is 355 g/mol. The molecule has 0 radical (unpaired) electrons. The monoisotopic (exact) mass is 354 g/mol. The molecule has 6 nitrogen and oxygen atoms in total. The Kier molecular flexibility index (Phi) is 6.04. The number of carbonyl (C=O) groups excluding carboxylic acids is 2. The number of ether oxygens (including phenoxy) is 2. The number of nitrogens with zero attached hydrogens (tertiary/aromatic N) is 2. The van der Waals surface area contributed by atoms with Crippen LogP contribution in [0.3, 0.4) is 0 Å². The predicted molar refractivity (Wildman–Crippen MR) is 90.3 cm³/mol. The van der Waals surface area contributed by atoms with Gasteiger partial charge in [-0.25, -0.2) is 9.78 Å². The number of aromatic nitrogens is 1. The smallest absolute Gasteiger partial charge is 0.410 e. The van der Waals surface area contributed by atoms with Gasteiger partial charge in [0.15, 0.2) is 5.78 Å². The summed E-state index contributed by atoms with van der Waals surface area (Å²) in [4.78, 5) is 30.2. The Morgan fingerprint density at radius 1 is 1.38 bits per heavy atom. The fourth-order valence-electron chi connectivity index (χ4n) is 2.53. The summed E-state index contributed by atoms with van der Waals surface area (Å²) in [6, 6.07) is 2.67. The van der Waals surface area contributed by atoms with Gasteiger partial charge in [-0.3, -0.25) is 9.69 Å². The van der Waals surface area contributed by atoms with E-state index in [-0.39, 0.29) is 12.4 Å². The molecule has 2 heterocycles. The van der Waals surface area contributed by atoms with E-state index in [0.717, 1.165) is 12.8 Å². The molecule has 7 heteroatoms. The summed E-state index contributed by atoms with van der Waals surface area (Å²) >= 11 is 5.79. The third kappa shape index (κ3) is 5.37. The fourth-order valence-corrected chi connectivity index (χ4v) is 2.69. The molecule has 1 aromatic rings. The van der Waals surface area contributed by atoms with Gasteiger partial charge in [0.25, 0.3) is 0 Å². The van der Waals surface area contributed by atoms with Crippen molar-refractivity contribution in [2.45, 2.75) is 51.7 Å². The second-order valence-corrected chi connectivity index (χ2v) is 7.14. The molecule has 0 aromatic carbocycles. The Bertz CT molecular complexity index is 600. The second kappa shape index (κ2) is 7.83.